The third-order valence-corrected chi connectivity index (χ3v) is 14.3. The molecule has 0 radical (unpaired) electrons. The first kappa shape index (κ1) is 51.6. The first-order chi connectivity index (χ1) is 33.0. The number of ether oxygens (including phenoxy) is 2. The van der Waals surface area contributed by atoms with Gasteiger partial charge in [-0.15, -0.1) is 0 Å². The number of rotatable bonds is 15. The molecule has 69 heavy (non-hydrogen) atoms. The molecular formula is C55H77N7O7. The van der Waals surface area contributed by atoms with Gasteiger partial charge in [-0.1, -0.05) is 64.1 Å². The van der Waals surface area contributed by atoms with E-state index in [0.29, 0.717) is 64.0 Å². The fourth-order valence-corrected chi connectivity index (χ4v) is 10.9. The molecule has 7 rings (SSSR count). The Labute approximate surface area is 409 Å². The third-order valence-electron chi connectivity index (χ3n) is 14.3. The van der Waals surface area contributed by atoms with E-state index in [1.165, 1.54) is 10.6 Å². The second-order valence-electron chi connectivity index (χ2n) is 21.1. The summed E-state index contributed by atoms with van der Waals surface area (Å²) in [7, 11) is 7.69. The maximum atomic E-state index is 14.8. The number of aryl methyl sites for hydroxylation is 1. The Morgan fingerprint density at radius 3 is 2.54 bits per heavy atom. The van der Waals surface area contributed by atoms with Gasteiger partial charge in [-0.05, 0) is 137 Å². The molecule has 0 unspecified atom stereocenters. The van der Waals surface area contributed by atoms with E-state index in [1.807, 2.05) is 46.0 Å². The Morgan fingerprint density at radius 2 is 1.80 bits per heavy atom. The number of methoxy groups -OCH3 is 1. The predicted octanol–water partition coefficient (Wildman–Crippen LogP) is 6.68. The number of cyclic esters (lactones) is 1. The summed E-state index contributed by atoms with van der Waals surface area (Å²) >= 11 is 0. The number of hydrogen-bond donors (Lipinski definition) is 3. The van der Waals surface area contributed by atoms with Crippen LogP contribution in [-0.2, 0) is 54.5 Å². The summed E-state index contributed by atoms with van der Waals surface area (Å²) in [6.45, 7) is 15.1. The molecule has 374 valence electrons. The molecule has 3 aliphatic heterocycles. The fourth-order valence-electron chi connectivity index (χ4n) is 10.9. The number of hydrazine groups is 1. The highest BCUT2D eigenvalue weighted by Gasteiger charge is 2.38. The van der Waals surface area contributed by atoms with E-state index in [1.54, 1.807) is 19.2 Å². The summed E-state index contributed by atoms with van der Waals surface area (Å²) in [5, 5.41) is 17.1. The Morgan fingerprint density at radius 1 is 1.01 bits per heavy atom. The number of nitrogens with one attached hydrogen (secondary N) is 2. The number of phenolic OH excluding ortho intramolecular Hbond substituents is 1. The van der Waals surface area contributed by atoms with Crippen molar-refractivity contribution in [3.63, 3.8) is 0 Å². The van der Waals surface area contributed by atoms with Crippen molar-refractivity contribution in [3.8, 4) is 28.1 Å². The van der Waals surface area contributed by atoms with Crippen LogP contribution in [0.25, 0.3) is 33.3 Å². The zero-order valence-corrected chi connectivity index (χ0v) is 42.6. The maximum absolute atomic E-state index is 14.8. The molecule has 0 aliphatic carbocycles. The normalized spacial score (nSPS) is 20.4. The highest BCUT2D eigenvalue weighted by molar-refractivity contribution is 5.96. The predicted molar refractivity (Wildman–Crippen MR) is 271 cm³/mol. The average molecular weight is 948 g/mol. The molecule has 2 fully saturated rings. The molecule has 3 N–H and O–H groups in total. The average Bonchev–Trinajstić information content (AvgIpc) is 3.90. The Bertz CT molecular complexity index is 2460. The van der Waals surface area contributed by atoms with Crippen molar-refractivity contribution in [3.05, 3.63) is 77.4 Å². The zero-order valence-electron chi connectivity index (χ0n) is 42.6. The van der Waals surface area contributed by atoms with Crippen LogP contribution in [0.3, 0.4) is 0 Å². The molecule has 0 saturated carbocycles. The van der Waals surface area contributed by atoms with Crippen LogP contribution in [0, 0.1) is 17.3 Å². The van der Waals surface area contributed by atoms with Crippen molar-refractivity contribution < 1.29 is 33.8 Å². The van der Waals surface area contributed by atoms with Gasteiger partial charge in [0.25, 0.3) is 5.91 Å². The molecule has 3 amide bonds. The van der Waals surface area contributed by atoms with E-state index in [0.717, 1.165) is 71.2 Å². The van der Waals surface area contributed by atoms with Crippen LogP contribution in [0.4, 0.5) is 0 Å². The standard InChI is InChI=1S/C55H77N7O7/c1-10-61-48-20-19-40-31-44(48)45(51(61)43-16-12-11-15-39(43)22-26-68-9)32-55(4,5)35-69-54(67)46-17-13-24-62(57-46)53(66)47(29-38-27-41(40)30-42(63)28-38)56-52(65)50(36(2)3)59(8)33-37-21-25-60(34-37)49(64)18-14-23-58(6)7/h11-12,15-16,19-20,27-28,30-31,36-37,46-47,50,57,63H,10,13-14,17-18,21-26,29,32-35H2,1-9H3,(H,56,65)/t37-,46+,47+,50+/m1/s1. The van der Waals surface area contributed by atoms with Crippen molar-refractivity contribution in [2.75, 3.05) is 74.2 Å². The first-order valence-corrected chi connectivity index (χ1v) is 25.2. The lowest BCUT2D eigenvalue weighted by Gasteiger charge is -2.37. The van der Waals surface area contributed by atoms with Crippen molar-refractivity contribution in [2.45, 2.75) is 111 Å². The van der Waals surface area contributed by atoms with Crippen LogP contribution in [-0.4, -0.2) is 145 Å². The molecule has 3 aliphatic rings. The van der Waals surface area contributed by atoms with Crippen molar-refractivity contribution in [2.24, 2.45) is 17.3 Å². The highest BCUT2D eigenvalue weighted by atomic mass is 16.5. The number of likely N-dealkylation sites (tertiary alicyclic amines) is 1. The number of likely N-dealkylation sites (N-methyl/N-ethyl adjacent to an activating group) is 1. The van der Waals surface area contributed by atoms with Gasteiger partial charge in [0.15, 0.2) is 0 Å². The van der Waals surface area contributed by atoms with Gasteiger partial charge in [0, 0.05) is 74.6 Å². The summed E-state index contributed by atoms with van der Waals surface area (Å²) in [5.74, 6) is -0.737. The molecule has 4 atom stereocenters. The lowest BCUT2D eigenvalue weighted by Crippen LogP contribution is -2.62. The number of nitrogens with zero attached hydrogens (tertiary/aromatic N) is 5. The molecule has 2 saturated heterocycles. The van der Waals surface area contributed by atoms with Gasteiger partial charge >= 0.3 is 5.97 Å². The zero-order chi connectivity index (χ0) is 49.6. The summed E-state index contributed by atoms with van der Waals surface area (Å²) < 4.78 is 14.1. The van der Waals surface area contributed by atoms with E-state index >= 15 is 0 Å². The number of phenols is 1. The van der Waals surface area contributed by atoms with Gasteiger partial charge in [0.2, 0.25) is 11.8 Å². The highest BCUT2D eigenvalue weighted by Crippen LogP contribution is 2.41. The van der Waals surface area contributed by atoms with Crippen LogP contribution < -0.4 is 10.7 Å². The Hall–Kier alpha value is -5.28. The first-order valence-electron chi connectivity index (χ1n) is 25.2. The number of hydrogen-bond acceptors (Lipinski definition) is 10. The topological polar surface area (TPSA) is 149 Å². The molecule has 0 spiro atoms. The van der Waals surface area contributed by atoms with E-state index in [9.17, 15) is 24.3 Å². The number of fused-ring (bicyclic) bond motifs is 6. The lowest BCUT2D eigenvalue weighted by molar-refractivity contribution is -0.155. The summed E-state index contributed by atoms with van der Waals surface area (Å²) in [6, 6.07) is 18.0. The van der Waals surface area contributed by atoms with Crippen LogP contribution in [0.15, 0.2) is 60.7 Å². The van der Waals surface area contributed by atoms with E-state index in [-0.39, 0.29) is 48.3 Å². The summed E-state index contributed by atoms with van der Waals surface area (Å²) in [6.07, 6.45) is 4.72. The fraction of sp³-hybridized carbons (Fsp3) is 0.564. The van der Waals surface area contributed by atoms with Crippen LogP contribution in [0.5, 0.6) is 5.75 Å². The molecule has 14 heteroatoms. The molecule has 6 bridgehead atoms. The van der Waals surface area contributed by atoms with Gasteiger partial charge < -0.3 is 34.3 Å². The number of aromatic nitrogens is 1. The number of amides is 3. The van der Waals surface area contributed by atoms with Crippen molar-refractivity contribution in [1.29, 1.82) is 0 Å². The quantitative estimate of drug-likeness (QED) is 0.110. The molecule has 4 aromatic rings. The minimum atomic E-state index is -1.03. The van der Waals surface area contributed by atoms with Gasteiger partial charge in [-0.3, -0.25) is 29.1 Å². The largest absolute Gasteiger partial charge is 0.508 e. The van der Waals surface area contributed by atoms with E-state index in [2.05, 4.69) is 88.3 Å². The second-order valence-corrected chi connectivity index (χ2v) is 21.1. The van der Waals surface area contributed by atoms with Gasteiger partial charge in [-0.2, -0.15) is 0 Å². The second kappa shape index (κ2) is 22.6. The molecule has 3 aromatic carbocycles. The minimum Gasteiger partial charge on any atom is -0.508 e. The third kappa shape index (κ3) is 12.4. The van der Waals surface area contributed by atoms with Crippen molar-refractivity contribution >= 4 is 34.6 Å². The van der Waals surface area contributed by atoms with Gasteiger partial charge in [0.05, 0.1) is 24.9 Å². The molecular weight excluding hydrogens is 871 g/mol. The Balaban J connectivity index is 1.24. The van der Waals surface area contributed by atoms with Crippen molar-refractivity contribution in [1.82, 2.24) is 35.0 Å². The number of aromatic hydroxyl groups is 1. The summed E-state index contributed by atoms with van der Waals surface area (Å²) in [4.78, 5) is 62.6. The van der Waals surface area contributed by atoms with Crippen LogP contribution in [0.1, 0.15) is 83.4 Å². The lowest BCUT2D eigenvalue weighted by atomic mass is 9.83. The van der Waals surface area contributed by atoms with Gasteiger partial charge in [-0.25, -0.2) is 5.43 Å². The maximum Gasteiger partial charge on any atom is 0.324 e. The molecule has 4 heterocycles. The summed E-state index contributed by atoms with van der Waals surface area (Å²) in [5.41, 5.74) is 10.7. The number of carbonyl (C=O) groups is 4. The van der Waals surface area contributed by atoms with Crippen LogP contribution >= 0.6 is 0 Å². The monoisotopic (exact) mass is 948 g/mol. The molecule has 1 aromatic heterocycles. The van der Waals surface area contributed by atoms with Gasteiger partial charge in [0.1, 0.15) is 17.8 Å². The molecule has 14 nitrogen and oxygen atoms in total. The van der Waals surface area contributed by atoms with E-state index in [4.69, 9.17) is 9.47 Å². The minimum absolute atomic E-state index is 0.0512. The SMILES string of the molecule is CCn1c(-c2ccccc2CCOC)c2c3cc(ccc31)-c1cc(O)cc(c1)C[C@H](NC(=O)[C@H](C(C)C)N(C)C[C@H]1CCN(C(=O)CCCN(C)C)C1)C(=O)N1CCC[C@H](N1)C(=O)OCC(C)(C)C2. The number of benzene rings is 3. The van der Waals surface area contributed by atoms with E-state index < -0.39 is 29.5 Å². The number of esters is 1. The number of carbonyl (C=O) groups excluding carboxylic acids is 4. The Kier molecular flexibility index (Phi) is 16.9. The smallest absolute Gasteiger partial charge is 0.324 e. The van der Waals surface area contributed by atoms with Crippen LogP contribution in [0.2, 0.25) is 0 Å².